The Morgan fingerprint density at radius 2 is 2.05 bits per heavy atom. The van der Waals surface area contributed by atoms with E-state index >= 15 is 0 Å². The van der Waals surface area contributed by atoms with Crippen LogP contribution in [0.1, 0.15) is 24.2 Å². The van der Waals surface area contributed by atoms with Crippen LogP contribution in [0.3, 0.4) is 0 Å². The van der Waals surface area contributed by atoms with Gasteiger partial charge in [-0.3, -0.25) is 10.1 Å². The number of nitrogen functional groups attached to an aromatic ring is 1. The van der Waals surface area contributed by atoms with E-state index in [1.54, 1.807) is 6.92 Å². The highest BCUT2D eigenvalue weighted by atomic mass is 35.5. The van der Waals surface area contributed by atoms with Crippen molar-refractivity contribution in [3.8, 4) is 0 Å². The quantitative estimate of drug-likeness (QED) is 0.573. The standard InChI is InChI=1S/C13H16ClN3O4/c1-3-16-13(20)17-11(18)7(2)21-12(19)8-5-4-6-9(14)10(8)15/h4-7H,3,15H2,1-2H3,(H2,16,17,18,20). The number of hydrogen-bond acceptors (Lipinski definition) is 5. The van der Waals surface area contributed by atoms with Crippen molar-refractivity contribution in [2.45, 2.75) is 20.0 Å². The highest BCUT2D eigenvalue weighted by Crippen LogP contribution is 2.23. The van der Waals surface area contributed by atoms with Crippen LogP contribution in [0.5, 0.6) is 0 Å². The lowest BCUT2D eigenvalue weighted by Crippen LogP contribution is -2.44. The van der Waals surface area contributed by atoms with Crippen LogP contribution in [0.2, 0.25) is 5.02 Å². The molecule has 0 saturated heterocycles. The predicted molar refractivity (Wildman–Crippen MR) is 78.0 cm³/mol. The lowest BCUT2D eigenvalue weighted by atomic mass is 10.2. The zero-order valence-electron chi connectivity index (χ0n) is 11.6. The summed E-state index contributed by atoms with van der Waals surface area (Å²) in [6.07, 6.45) is -1.15. The number of nitrogens with two attached hydrogens (primary N) is 1. The van der Waals surface area contributed by atoms with Gasteiger partial charge in [0, 0.05) is 6.54 Å². The smallest absolute Gasteiger partial charge is 0.341 e. The second kappa shape index (κ2) is 7.49. The number of ether oxygens (including phenoxy) is 1. The molecule has 0 radical (unpaired) electrons. The number of benzene rings is 1. The third-order valence-electron chi connectivity index (χ3n) is 2.50. The molecule has 0 heterocycles. The van der Waals surface area contributed by atoms with Crippen molar-refractivity contribution in [3.63, 3.8) is 0 Å². The molecule has 7 nitrogen and oxygen atoms in total. The number of amides is 3. The maximum absolute atomic E-state index is 11.9. The summed E-state index contributed by atoms with van der Waals surface area (Å²) < 4.78 is 4.94. The van der Waals surface area contributed by atoms with Gasteiger partial charge in [-0.05, 0) is 26.0 Å². The van der Waals surface area contributed by atoms with Gasteiger partial charge in [-0.15, -0.1) is 0 Å². The number of esters is 1. The van der Waals surface area contributed by atoms with Gasteiger partial charge in [0.15, 0.2) is 6.10 Å². The summed E-state index contributed by atoms with van der Waals surface area (Å²) in [7, 11) is 0. The van der Waals surface area contributed by atoms with E-state index in [1.807, 2.05) is 5.32 Å². The van der Waals surface area contributed by atoms with Crippen molar-refractivity contribution in [2.24, 2.45) is 0 Å². The van der Waals surface area contributed by atoms with Gasteiger partial charge < -0.3 is 15.8 Å². The highest BCUT2D eigenvalue weighted by molar-refractivity contribution is 6.33. The molecule has 0 fully saturated rings. The SMILES string of the molecule is CCNC(=O)NC(=O)C(C)OC(=O)c1cccc(Cl)c1N. The van der Waals surface area contributed by atoms with Gasteiger partial charge in [0.1, 0.15) is 0 Å². The van der Waals surface area contributed by atoms with E-state index in [0.29, 0.717) is 6.54 Å². The molecule has 1 aromatic carbocycles. The van der Waals surface area contributed by atoms with E-state index in [9.17, 15) is 14.4 Å². The molecule has 1 rings (SSSR count). The topological polar surface area (TPSA) is 111 Å². The molecule has 0 aliphatic rings. The molecule has 0 aliphatic heterocycles. The number of nitrogens with one attached hydrogen (secondary N) is 2. The number of carbonyl (C=O) groups excluding carboxylic acids is 3. The molecule has 0 aromatic heterocycles. The minimum Gasteiger partial charge on any atom is -0.449 e. The van der Waals surface area contributed by atoms with Gasteiger partial charge in [-0.25, -0.2) is 9.59 Å². The Kier molecular flexibility index (Phi) is 5.98. The molecule has 3 amide bonds. The van der Waals surface area contributed by atoms with Gasteiger partial charge in [0.25, 0.3) is 5.91 Å². The Bertz CT molecular complexity index is 562. The molecule has 1 aromatic rings. The number of urea groups is 1. The predicted octanol–water partition coefficient (Wildman–Crippen LogP) is 1.31. The van der Waals surface area contributed by atoms with Crippen LogP contribution in [0, 0.1) is 0 Å². The fourth-order valence-corrected chi connectivity index (χ4v) is 1.59. The summed E-state index contributed by atoms with van der Waals surface area (Å²) in [5, 5.41) is 4.64. The minimum absolute atomic E-state index is 0.0557. The van der Waals surface area contributed by atoms with Gasteiger partial charge in [-0.2, -0.15) is 0 Å². The first kappa shape index (κ1) is 16.8. The van der Waals surface area contributed by atoms with Crippen molar-refractivity contribution in [3.05, 3.63) is 28.8 Å². The van der Waals surface area contributed by atoms with Gasteiger partial charge in [0.05, 0.1) is 16.3 Å². The normalized spacial score (nSPS) is 11.4. The van der Waals surface area contributed by atoms with E-state index in [2.05, 4.69) is 5.32 Å². The Morgan fingerprint density at radius 3 is 2.67 bits per heavy atom. The molecule has 0 aliphatic carbocycles. The molecule has 0 saturated carbocycles. The summed E-state index contributed by atoms with van der Waals surface area (Å²) in [5.74, 6) is -1.54. The average molecular weight is 314 g/mol. The first-order valence-corrected chi connectivity index (χ1v) is 6.58. The maximum atomic E-state index is 11.9. The van der Waals surface area contributed by atoms with Crippen LogP contribution in [-0.4, -0.2) is 30.6 Å². The Balaban J connectivity index is 2.68. The molecule has 21 heavy (non-hydrogen) atoms. The number of rotatable bonds is 4. The second-order valence-corrected chi connectivity index (χ2v) is 4.50. The van der Waals surface area contributed by atoms with E-state index in [0.717, 1.165) is 0 Å². The molecular weight excluding hydrogens is 298 g/mol. The van der Waals surface area contributed by atoms with Crippen LogP contribution >= 0.6 is 11.6 Å². The maximum Gasteiger partial charge on any atom is 0.341 e. The largest absolute Gasteiger partial charge is 0.449 e. The van der Waals surface area contributed by atoms with Crippen LogP contribution in [0.4, 0.5) is 10.5 Å². The van der Waals surface area contributed by atoms with Crippen LogP contribution < -0.4 is 16.4 Å². The molecular formula is C13H16ClN3O4. The summed E-state index contributed by atoms with van der Waals surface area (Å²) in [4.78, 5) is 34.7. The fourth-order valence-electron chi connectivity index (χ4n) is 1.41. The highest BCUT2D eigenvalue weighted by Gasteiger charge is 2.22. The Hall–Kier alpha value is -2.28. The summed E-state index contributed by atoms with van der Waals surface area (Å²) in [5.41, 5.74) is 5.78. The third-order valence-corrected chi connectivity index (χ3v) is 2.83. The molecule has 4 N–H and O–H groups in total. The minimum atomic E-state index is -1.15. The van der Waals surface area contributed by atoms with E-state index < -0.39 is 24.0 Å². The van der Waals surface area contributed by atoms with Crippen molar-refractivity contribution in [1.82, 2.24) is 10.6 Å². The van der Waals surface area contributed by atoms with Crippen molar-refractivity contribution in [2.75, 3.05) is 12.3 Å². The molecule has 8 heteroatoms. The van der Waals surface area contributed by atoms with Crippen LogP contribution in [0.15, 0.2) is 18.2 Å². The van der Waals surface area contributed by atoms with E-state index in [-0.39, 0.29) is 16.3 Å². The Morgan fingerprint density at radius 1 is 1.38 bits per heavy atom. The summed E-state index contributed by atoms with van der Waals surface area (Å²) >= 11 is 5.80. The number of halogens is 1. The monoisotopic (exact) mass is 313 g/mol. The number of carbonyl (C=O) groups is 3. The fraction of sp³-hybridized carbons (Fsp3) is 0.308. The number of anilines is 1. The number of hydrogen-bond donors (Lipinski definition) is 3. The van der Waals surface area contributed by atoms with E-state index in [1.165, 1.54) is 25.1 Å². The average Bonchev–Trinajstić information content (AvgIpc) is 2.41. The van der Waals surface area contributed by atoms with Gasteiger partial charge in [0.2, 0.25) is 0 Å². The van der Waals surface area contributed by atoms with E-state index in [4.69, 9.17) is 22.1 Å². The van der Waals surface area contributed by atoms with Crippen molar-refractivity contribution >= 4 is 35.2 Å². The van der Waals surface area contributed by atoms with Crippen LogP contribution in [-0.2, 0) is 9.53 Å². The molecule has 114 valence electrons. The molecule has 1 atom stereocenters. The first-order chi connectivity index (χ1) is 9.86. The number of para-hydroxylation sites is 1. The third kappa shape index (κ3) is 4.64. The van der Waals surface area contributed by atoms with Crippen LogP contribution in [0.25, 0.3) is 0 Å². The number of imide groups is 1. The summed E-state index contributed by atoms with van der Waals surface area (Å²) in [6.45, 7) is 3.41. The lowest BCUT2D eigenvalue weighted by molar-refractivity contribution is -0.127. The second-order valence-electron chi connectivity index (χ2n) is 4.10. The summed E-state index contributed by atoms with van der Waals surface area (Å²) in [6, 6.07) is 3.83. The van der Waals surface area contributed by atoms with Crippen molar-refractivity contribution in [1.29, 1.82) is 0 Å². The molecule has 0 bridgehead atoms. The molecule has 1 unspecified atom stereocenters. The van der Waals surface area contributed by atoms with Gasteiger partial charge in [-0.1, -0.05) is 17.7 Å². The first-order valence-electron chi connectivity index (χ1n) is 6.20. The lowest BCUT2D eigenvalue weighted by Gasteiger charge is -2.14. The Labute approximate surface area is 126 Å². The zero-order chi connectivity index (χ0) is 16.0. The molecule has 0 spiro atoms. The van der Waals surface area contributed by atoms with Crippen molar-refractivity contribution < 1.29 is 19.1 Å². The van der Waals surface area contributed by atoms with Gasteiger partial charge >= 0.3 is 12.0 Å². The zero-order valence-corrected chi connectivity index (χ0v) is 12.4.